The molecule has 0 bridgehead atoms. The minimum atomic E-state index is -0.875. The molecule has 1 fully saturated rings. The molecule has 1 unspecified atom stereocenters. The maximum absolute atomic E-state index is 13.0. The number of aliphatic carboxylic acids is 1. The minimum Gasteiger partial charge on any atom is -0.481 e. The van der Waals surface area contributed by atoms with E-state index < -0.39 is 5.97 Å². The molecule has 0 aliphatic heterocycles. The number of hydrogen-bond donors (Lipinski definition) is 3. The van der Waals surface area contributed by atoms with Crippen LogP contribution in [-0.4, -0.2) is 37.9 Å². The number of nitrogens with one attached hydrogen (secondary N) is 2. The summed E-state index contributed by atoms with van der Waals surface area (Å²) in [6.07, 6.45) is 7.92. The molecule has 3 N–H and O–H groups in total. The highest BCUT2D eigenvalue weighted by atomic mass is 16.4. The molecule has 3 rings (SSSR count). The normalized spacial score (nSPS) is 16.4. The lowest BCUT2D eigenvalue weighted by atomic mass is 9.82. The molecule has 0 saturated heterocycles. The van der Waals surface area contributed by atoms with Crippen LogP contribution in [0.1, 0.15) is 82.3 Å². The molecule has 164 valence electrons. The molecule has 0 spiro atoms. The fourth-order valence-corrected chi connectivity index (χ4v) is 4.28. The molecule has 1 saturated carbocycles. The van der Waals surface area contributed by atoms with Crippen LogP contribution in [0.15, 0.2) is 18.3 Å². The molecule has 0 radical (unpaired) electrons. The Hall–Kier alpha value is -2.57. The van der Waals surface area contributed by atoms with Crippen LogP contribution in [0.4, 0.5) is 5.82 Å². The van der Waals surface area contributed by atoms with Gasteiger partial charge in [0.25, 0.3) is 5.91 Å². The second kappa shape index (κ2) is 9.06. The first-order valence-corrected chi connectivity index (χ1v) is 11.0. The first-order chi connectivity index (χ1) is 14.2. The number of aryl methyl sites for hydroxylation is 1. The topological polar surface area (TPSA) is 95.7 Å². The van der Waals surface area contributed by atoms with Crippen LogP contribution in [0.25, 0.3) is 5.65 Å². The van der Waals surface area contributed by atoms with Crippen LogP contribution >= 0.6 is 0 Å². The van der Waals surface area contributed by atoms with Gasteiger partial charge in [-0.3, -0.25) is 14.0 Å². The Kier molecular flexibility index (Phi) is 6.68. The largest absolute Gasteiger partial charge is 0.481 e. The summed E-state index contributed by atoms with van der Waals surface area (Å²) in [6.45, 7) is 8.36. The van der Waals surface area contributed by atoms with Crippen LogP contribution in [0.3, 0.4) is 0 Å². The van der Waals surface area contributed by atoms with Crippen molar-refractivity contribution in [3.8, 4) is 0 Å². The summed E-state index contributed by atoms with van der Waals surface area (Å²) in [6, 6.07) is 3.22. The smallest absolute Gasteiger partial charge is 0.305 e. The number of pyridine rings is 1. The molecule has 7 nitrogen and oxygen atoms in total. The Morgan fingerprint density at radius 3 is 2.57 bits per heavy atom. The van der Waals surface area contributed by atoms with Gasteiger partial charge in [0.05, 0.1) is 12.1 Å². The van der Waals surface area contributed by atoms with Gasteiger partial charge in [0.15, 0.2) is 0 Å². The van der Waals surface area contributed by atoms with E-state index in [1.807, 2.05) is 10.6 Å². The summed E-state index contributed by atoms with van der Waals surface area (Å²) in [5.41, 5.74) is 2.05. The van der Waals surface area contributed by atoms with Gasteiger partial charge in [-0.15, -0.1) is 0 Å². The summed E-state index contributed by atoms with van der Waals surface area (Å²) in [5.74, 6) is 0.0573. The van der Waals surface area contributed by atoms with Gasteiger partial charge in [0.1, 0.15) is 11.5 Å². The number of imidazole rings is 1. The van der Waals surface area contributed by atoms with E-state index in [1.54, 1.807) is 12.1 Å². The molecule has 30 heavy (non-hydrogen) atoms. The fraction of sp³-hybridized carbons (Fsp3) is 0.609. The zero-order chi connectivity index (χ0) is 21.9. The summed E-state index contributed by atoms with van der Waals surface area (Å²) < 4.78 is 1.97. The maximum Gasteiger partial charge on any atom is 0.305 e. The Morgan fingerprint density at radius 2 is 1.97 bits per heavy atom. The van der Waals surface area contributed by atoms with E-state index in [4.69, 9.17) is 4.98 Å². The Labute approximate surface area is 178 Å². The van der Waals surface area contributed by atoms with Crippen molar-refractivity contribution in [2.24, 2.45) is 5.92 Å². The molecule has 0 aromatic carbocycles. The average Bonchev–Trinajstić information content (AvgIpc) is 3.03. The van der Waals surface area contributed by atoms with Crippen LogP contribution in [-0.2, 0) is 11.2 Å². The van der Waals surface area contributed by atoms with Crippen LogP contribution in [0, 0.1) is 5.92 Å². The second-order valence-electron chi connectivity index (χ2n) is 9.36. The fourth-order valence-electron chi connectivity index (χ4n) is 4.28. The van der Waals surface area contributed by atoms with E-state index in [2.05, 4.69) is 38.3 Å². The Morgan fingerprint density at radius 1 is 1.27 bits per heavy atom. The third-order valence-electron chi connectivity index (χ3n) is 5.72. The van der Waals surface area contributed by atoms with Crippen LogP contribution < -0.4 is 10.6 Å². The SMILES string of the molecule is CCc1nc2cc(C(=O)NC(CC(=O)O)C3CCCCC3)ccn2c1NC(C)(C)C. The quantitative estimate of drug-likeness (QED) is 0.629. The predicted molar refractivity (Wildman–Crippen MR) is 118 cm³/mol. The number of rotatable bonds is 7. The summed E-state index contributed by atoms with van der Waals surface area (Å²) in [7, 11) is 0. The van der Waals surface area contributed by atoms with Gasteiger partial charge in [0.2, 0.25) is 0 Å². The third kappa shape index (κ3) is 5.32. The zero-order valence-corrected chi connectivity index (χ0v) is 18.5. The van der Waals surface area contributed by atoms with Gasteiger partial charge in [-0.25, -0.2) is 4.98 Å². The molecule has 1 aliphatic carbocycles. The van der Waals surface area contributed by atoms with Crippen molar-refractivity contribution in [3.63, 3.8) is 0 Å². The number of hydrogen-bond acceptors (Lipinski definition) is 4. The summed E-state index contributed by atoms with van der Waals surface area (Å²) >= 11 is 0. The van der Waals surface area contributed by atoms with E-state index >= 15 is 0 Å². The molecule has 1 amide bonds. The van der Waals surface area contributed by atoms with Crippen molar-refractivity contribution in [1.82, 2.24) is 14.7 Å². The number of carbonyl (C=O) groups is 2. The molecular weight excluding hydrogens is 380 g/mol. The van der Waals surface area contributed by atoms with E-state index in [9.17, 15) is 14.7 Å². The van der Waals surface area contributed by atoms with Crippen LogP contribution in [0.5, 0.6) is 0 Å². The minimum absolute atomic E-state index is 0.0400. The van der Waals surface area contributed by atoms with Gasteiger partial charge in [-0.1, -0.05) is 26.2 Å². The van der Waals surface area contributed by atoms with Crippen molar-refractivity contribution in [1.29, 1.82) is 0 Å². The van der Waals surface area contributed by atoms with Gasteiger partial charge >= 0.3 is 5.97 Å². The summed E-state index contributed by atoms with van der Waals surface area (Å²) in [5, 5.41) is 15.8. The maximum atomic E-state index is 13.0. The highest BCUT2D eigenvalue weighted by Crippen LogP contribution is 2.28. The van der Waals surface area contributed by atoms with Crippen molar-refractivity contribution < 1.29 is 14.7 Å². The molecule has 2 aromatic rings. The monoisotopic (exact) mass is 414 g/mol. The molecule has 7 heteroatoms. The number of carboxylic acid groups (broad SMARTS) is 1. The highest BCUT2D eigenvalue weighted by molar-refractivity contribution is 5.95. The van der Waals surface area contributed by atoms with Crippen LogP contribution in [0.2, 0.25) is 0 Å². The van der Waals surface area contributed by atoms with Crippen molar-refractivity contribution in [3.05, 3.63) is 29.6 Å². The van der Waals surface area contributed by atoms with Crippen molar-refractivity contribution >= 4 is 23.3 Å². The number of fused-ring (bicyclic) bond motifs is 1. The summed E-state index contributed by atoms with van der Waals surface area (Å²) in [4.78, 5) is 29.0. The first kappa shape index (κ1) is 22.1. The standard InChI is InChI=1S/C23H34N4O3/c1-5-17-21(26-23(2,3)4)27-12-11-16(13-19(27)24-17)22(30)25-18(14-20(28)29)15-9-7-6-8-10-15/h11-13,15,18,26H,5-10,14H2,1-4H3,(H,25,30)(H,28,29). The third-order valence-corrected chi connectivity index (χ3v) is 5.72. The van der Waals surface area contributed by atoms with Crippen molar-refractivity contribution in [2.75, 3.05) is 5.32 Å². The molecular formula is C23H34N4O3. The van der Waals surface area contributed by atoms with Crippen molar-refractivity contribution in [2.45, 2.75) is 84.2 Å². The number of carbonyl (C=O) groups excluding carboxylic acids is 1. The van der Waals surface area contributed by atoms with Gasteiger partial charge in [-0.2, -0.15) is 0 Å². The number of amides is 1. The Balaban J connectivity index is 1.84. The predicted octanol–water partition coefficient (Wildman–Crippen LogP) is 4.26. The van der Waals surface area contributed by atoms with E-state index in [1.165, 1.54) is 6.42 Å². The molecule has 2 aromatic heterocycles. The highest BCUT2D eigenvalue weighted by Gasteiger charge is 2.28. The first-order valence-electron chi connectivity index (χ1n) is 11.0. The van der Waals surface area contributed by atoms with E-state index in [-0.39, 0.29) is 29.8 Å². The second-order valence-corrected chi connectivity index (χ2v) is 9.36. The number of nitrogens with zero attached hydrogens (tertiary/aromatic N) is 2. The van der Waals surface area contributed by atoms with Gasteiger partial charge < -0.3 is 15.7 Å². The average molecular weight is 415 g/mol. The Bertz CT molecular complexity index is 907. The molecule has 1 aliphatic rings. The van der Waals surface area contributed by atoms with Gasteiger partial charge in [-0.05, 0) is 58.1 Å². The molecule has 1 atom stereocenters. The van der Waals surface area contributed by atoms with E-state index in [0.717, 1.165) is 43.6 Å². The van der Waals surface area contributed by atoms with Gasteiger partial charge in [0, 0.05) is 23.3 Å². The molecule has 2 heterocycles. The number of carboxylic acids is 1. The lowest BCUT2D eigenvalue weighted by molar-refractivity contribution is -0.137. The zero-order valence-electron chi connectivity index (χ0n) is 18.5. The lowest BCUT2D eigenvalue weighted by Gasteiger charge is -2.30. The lowest BCUT2D eigenvalue weighted by Crippen LogP contribution is -2.42. The number of anilines is 1. The number of aromatic nitrogens is 2. The van der Waals surface area contributed by atoms with E-state index in [0.29, 0.717) is 11.2 Å².